The van der Waals surface area contributed by atoms with Gasteiger partial charge in [-0.3, -0.25) is 14.4 Å². The fourth-order valence-electron chi connectivity index (χ4n) is 2.87. The number of piperazine rings is 1. The van der Waals surface area contributed by atoms with Crippen LogP contribution in [0.2, 0.25) is 0 Å². The Balaban J connectivity index is 1.36. The molecule has 0 saturated carbocycles. The Bertz CT molecular complexity index is 853. The fourth-order valence-corrected chi connectivity index (χ4v) is 3.13. The number of nitrogens with one attached hydrogen (secondary N) is 1. The second-order valence-corrected chi connectivity index (χ2v) is 7.32. The number of hydrogen-bond donors (Lipinski definition) is 1. The molecule has 29 heavy (non-hydrogen) atoms. The third-order valence-corrected chi connectivity index (χ3v) is 4.99. The Labute approximate surface area is 177 Å². The molecule has 2 heterocycles. The number of carbonyl (C=O) groups is 3. The average molecular weight is 461 g/mol. The van der Waals surface area contributed by atoms with E-state index in [1.54, 1.807) is 35.4 Å². The molecule has 2 aromatic rings. The lowest BCUT2D eigenvalue weighted by molar-refractivity contribution is -0.151. The van der Waals surface area contributed by atoms with Crippen molar-refractivity contribution < 1.29 is 19.1 Å². The van der Waals surface area contributed by atoms with Gasteiger partial charge in [-0.2, -0.15) is 0 Å². The first-order chi connectivity index (χ1) is 14.0. The Hall–Kier alpha value is -2.94. The predicted molar refractivity (Wildman–Crippen MR) is 110 cm³/mol. The van der Waals surface area contributed by atoms with Crippen molar-refractivity contribution >= 4 is 39.5 Å². The normalized spacial score (nSPS) is 13.7. The summed E-state index contributed by atoms with van der Waals surface area (Å²) in [5, 5.41) is 2.48. The Morgan fingerprint density at radius 1 is 1.03 bits per heavy atom. The number of anilines is 1. The van der Waals surface area contributed by atoms with Crippen molar-refractivity contribution in [3.63, 3.8) is 0 Å². The summed E-state index contributed by atoms with van der Waals surface area (Å²) in [5.74, 6) is -0.409. The van der Waals surface area contributed by atoms with Crippen molar-refractivity contribution in [3.8, 4) is 0 Å². The number of hydrogen-bond acceptors (Lipinski definition) is 6. The molecule has 152 valence electrons. The van der Waals surface area contributed by atoms with Gasteiger partial charge in [0.05, 0.1) is 0 Å². The van der Waals surface area contributed by atoms with Crippen LogP contribution in [-0.2, 0) is 14.3 Å². The van der Waals surface area contributed by atoms with Gasteiger partial charge in [0.1, 0.15) is 12.4 Å². The quantitative estimate of drug-likeness (QED) is 0.656. The molecule has 8 nitrogen and oxygen atoms in total. The third-order valence-electron chi connectivity index (χ3n) is 4.46. The fraction of sp³-hybridized carbons (Fsp3) is 0.300. The first-order valence-electron chi connectivity index (χ1n) is 9.16. The highest BCUT2D eigenvalue weighted by Crippen LogP contribution is 2.13. The van der Waals surface area contributed by atoms with E-state index >= 15 is 0 Å². The van der Waals surface area contributed by atoms with Gasteiger partial charge in [-0.05, 0) is 36.4 Å². The van der Waals surface area contributed by atoms with E-state index in [-0.39, 0.29) is 25.0 Å². The number of aromatic nitrogens is 1. The number of amides is 2. The summed E-state index contributed by atoms with van der Waals surface area (Å²) in [4.78, 5) is 44.1. The van der Waals surface area contributed by atoms with E-state index in [2.05, 4.69) is 31.1 Å². The molecule has 1 saturated heterocycles. The van der Waals surface area contributed by atoms with Crippen molar-refractivity contribution in [1.29, 1.82) is 0 Å². The largest absolute Gasteiger partial charge is 0.454 e. The van der Waals surface area contributed by atoms with Crippen molar-refractivity contribution in [2.24, 2.45) is 0 Å². The van der Waals surface area contributed by atoms with Crippen molar-refractivity contribution in [2.75, 3.05) is 44.2 Å². The zero-order chi connectivity index (χ0) is 20.6. The average Bonchev–Trinajstić information content (AvgIpc) is 2.77. The number of pyridine rings is 1. The highest BCUT2D eigenvalue weighted by Gasteiger charge is 2.22. The molecular formula is C20H21BrN4O4. The summed E-state index contributed by atoms with van der Waals surface area (Å²) in [5.41, 5.74) is 0.433. The highest BCUT2D eigenvalue weighted by molar-refractivity contribution is 9.10. The van der Waals surface area contributed by atoms with E-state index < -0.39 is 5.97 Å². The molecule has 0 spiro atoms. The van der Waals surface area contributed by atoms with E-state index in [0.29, 0.717) is 31.7 Å². The van der Waals surface area contributed by atoms with Crippen LogP contribution in [0.25, 0.3) is 0 Å². The molecule has 1 aliphatic heterocycles. The van der Waals surface area contributed by atoms with Gasteiger partial charge in [-0.1, -0.05) is 22.0 Å². The number of carbonyl (C=O) groups excluding carboxylic acids is 3. The van der Waals surface area contributed by atoms with Crippen LogP contribution in [0.1, 0.15) is 10.4 Å². The topological polar surface area (TPSA) is 91.8 Å². The Morgan fingerprint density at radius 2 is 1.76 bits per heavy atom. The van der Waals surface area contributed by atoms with E-state index in [1.807, 2.05) is 18.2 Å². The molecule has 2 amide bonds. The van der Waals surface area contributed by atoms with Gasteiger partial charge >= 0.3 is 5.97 Å². The number of nitrogens with zero attached hydrogens (tertiary/aromatic N) is 3. The van der Waals surface area contributed by atoms with Crippen LogP contribution in [-0.4, -0.2) is 67.0 Å². The number of benzene rings is 1. The number of esters is 1. The molecule has 1 fully saturated rings. The van der Waals surface area contributed by atoms with Crippen molar-refractivity contribution in [1.82, 2.24) is 15.2 Å². The lowest BCUT2D eigenvalue weighted by Crippen LogP contribution is -2.50. The smallest absolute Gasteiger partial charge is 0.325 e. The standard InChI is InChI=1S/C20H21BrN4O4/c21-16-6-4-15(5-7-16)20(28)23-13-19(27)29-14-18(26)25-11-9-24(10-12-25)17-3-1-2-8-22-17/h1-8H,9-14H2,(H,23,28). The zero-order valence-electron chi connectivity index (χ0n) is 15.7. The highest BCUT2D eigenvalue weighted by atomic mass is 79.9. The van der Waals surface area contributed by atoms with Gasteiger partial charge in [0.25, 0.3) is 11.8 Å². The van der Waals surface area contributed by atoms with Crippen LogP contribution in [0, 0.1) is 0 Å². The SMILES string of the molecule is O=C(CNC(=O)c1ccc(Br)cc1)OCC(=O)N1CCN(c2ccccn2)CC1. The van der Waals surface area contributed by atoms with E-state index in [4.69, 9.17) is 4.74 Å². The van der Waals surface area contributed by atoms with Crippen LogP contribution in [0.15, 0.2) is 53.1 Å². The number of halogens is 1. The monoisotopic (exact) mass is 460 g/mol. The van der Waals surface area contributed by atoms with Crippen LogP contribution >= 0.6 is 15.9 Å². The molecule has 1 aromatic carbocycles. The maximum Gasteiger partial charge on any atom is 0.325 e. The molecular weight excluding hydrogens is 440 g/mol. The molecule has 0 bridgehead atoms. The van der Waals surface area contributed by atoms with Gasteiger partial charge in [0.2, 0.25) is 0 Å². The summed E-state index contributed by atoms with van der Waals surface area (Å²) < 4.78 is 5.85. The minimum absolute atomic E-state index is 0.252. The van der Waals surface area contributed by atoms with E-state index in [0.717, 1.165) is 10.3 Å². The summed E-state index contributed by atoms with van der Waals surface area (Å²) in [7, 11) is 0. The summed E-state index contributed by atoms with van der Waals surface area (Å²) >= 11 is 3.29. The molecule has 9 heteroatoms. The summed E-state index contributed by atoms with van der Waals surface area (Å²) in [6.45, 7) is 1.77. The van der Waals surface area contributed by atoms with Gasteiger partial charge in [-0.15, -0.1) is 0 Å². The van der Waals surface area contributed by atoms with E-state index in [1.165, 1.54) is 0 Å². The van der Waals surface area contributed by atoms with E-state index in [9.17, 15) is 14.4 Å². The Kier molecular flexibility index (Phi) is 7.18. The summed E-state index contributed by atoms with van der Waals surface area (Å²) in [6, 6.07) is 12.5. The second-order valence-electron chi connectivity index (χ2n) is 6.41. The van der Waals surface area contributed by atoms with Gasteiger partial charge in [-0.25, -0.2) is 4.98 Å². The molecule has 1 aliphatic rings. The lowest BCUT2D eigenvalue weighted by atomic mass is 10.2. The van der Waals surface area contributed by atoms with Gasteiger partial charge < -0.3 is 19.9 Å². The molecule has 0 radical (unpaired) electrons. The lowest BCUT2D eigenvalue weighted by Gasteiger charge is -2.35. The zero-order valence-corrected chi connectivity index (χ0v) is 17.3. The summed E-state index contributed by atoms with van der Waals surface area (Å²) in [6.07, 6.45) is 1.74. The van der Waals surface area contributed by atoms with Crippen molar-refractivity contribution in [2.45, 2.75) is 0 Å². The number of ether oxygens (including phenoxy) is 1. The second kappa shape index (κ2) is 10.0. The first-order valence-corrected chi connectivity index (χ1v) is 9.95. The maximum atomic E-state index is 12.3. The third kappa shape index (κ3) is 6.02. The minimum atomic E-state index is -0.657. The van der Waals surface area contributed by atoms with Crippen molar-refractivity contribution in [3.05, 3.63) is 58.7 Å². The Morgan fingerprint density at radius 3 is 2.41 bits per heavy atom. The number of rotatable bonds is 6. The molecule has 0 unspecified atom stereocenters. The predicted octanol–water partition coefficient (Wildman–Crippen LogP) is 1.47. The molecule has 1 N–H and O–H groups in total. The minimum Gasteiger partial charge on any atom is -0.454 e. The molecule has 0 atom stereocenters. The van der Waals surface area contributed by atoms with Gasteiger partial charge in [0.15, 0.2) is 6.61 Å². The van der Waals surface area contributed by atoms with Crippen LogP contribution in [0.4, 0.5) is 5.82 Å². The first kappa shape index (κ1) is 20.8. The molecule has 3 rings (SSSR count). The molecule has 1 aromatic heterocycles. The van der Waals surface area contributed by atoms with Crippen LogP contribution < -0.4 is 10.2 Å². The van der Waals surface area contributed by atoms with Crippen LogP contribution in [0.3, 0.4) is 0 Å². The van der Waals surface area contributed by atoms with Crippen LogP contribution in [0.5, 0.6) is 0 Å². The molecule has 0 aliphatic carbocycles. The van der Waals surface area contributed by atoms with Gasteiger partial charge in [0, 0.05) is 42.4 Å². The maximum absolute atomic E-state index is 12.3.